The summed E-state index contributed by atoms with van der Waals surface area (Å²) in [6, 6.07) is 12.2. The Bertz CT molecular complexity index is 1600. The molecule has 0 aliphatic heterocycles. The van der Waals surface area contributed by atoms with Crippen LogP contribution in [0.25, 0.3) is 6.08 Å². The van der Waals surface area contributed by atoms with Gasteiger partial charge in [-0.25, -0.2) is 0 Å². The van der Waals surface area contributed by atoms with Crippen LogP contribution in [0.15, 0.2) is 64.4 Å². The van der Waals surface area contributed by atoms with Crippen molar-refractivity contribution in [2.45, 2.75) is 106 Å². The number of aliphatic hydroxyl groups excluding tert-OH is 1. The highest BCUT2D eigenvalue weighted by Gasteiger charge is 2.70. The van der Waals surface area contributed by atoms with Gasteiger partial charge < -0.3 is 9.84 Å². The molecule has 4 saturated carbocycles. The number of benzene rings is 1. The maximum Gasteiger partial charge on any atom is 0.313 e. The monoisotopic (exact) mass is 654 g/mol. The molecule has 2 aromatic rings. The molecule has 0 amide bonds. The molecule has 5 aliphatic carbocycles. The molecule has 0 bridgehead atoms. The largest absolute Gasteiger partial charge is 0.460 e. The average Bonchev–Trinajstić information content (AvgIpc) is 3.56. The predicted molar refractivity (Wildman–Crippen MR) is 189 cm³/mol. The summed E-state index contributed by atoms with van der Waals surface area (Å²) >= 11 is 1.65. The predicted octanol–water partition coefficient (Wildman–Crippen LogP) is 9.83. The highest BCUT2D eigenvalue weighted by atomic mass is 32.1. The summed E-state index contributed by atoms with van der Waals surface area (Å²) in [6.45, 7) is 14.5. The topological polar surface area (TPSA) is 63.6 Å². The first-order valence-electron chi connectivity index (χ1n) is 18.0. The van der Waals surface area contributed by atoms with Gasteiger partial charge in [0.2, 0.25) is 0 Å². The number of hydrogen-bond donors (Lipinski definition) is 1. The first-order chi connectivity index (χ1) is 22.2. The summed E-state index contributed by atoms with van der Waals surface area (Å²) in [5.74, 6) is 0.827. The van der Waals surface area contributed by atoms with E-state index in [1.807, 2.05) is 37.3 Å². The van der Waals surface area contributed by atoms with E-state index in [0.717, 1.165) is 74.5 Å². The molecule has 1 heterocycles. The number of carbonyl (C=O) groups excluding carboxylic acids is 2. The third kappa shape index (κ3) is 4.83. The minimum Gasteiger partial charge on any atom is -0.460 e. The van der Waals surface area contributed by atoms with Crippen molar-refractivity contribution in [1.82, 2.24) is 0 Å². The highest BCUT2D eigenvalue weighted by Crippen LogP contribution is 2.76. The molecule has 4 fully saturated rings. The maximum atomic E-state index is 14.3. The van der Waals surface area contributed by atoms with Crippen molar-refractivity contribution in [2.75, 3.05) is 6.61 Å². The zero-order valence-corrected chi connectivity index (χ0v) is 30.2. The van der Waals surface area contributed by atoms with Crippen LogP contribution in [0.5, 0.6) is 0 Å². The normalized spacial score (nSPS) is 41.6. The van der Waals surface area contributed by atoms with Gasteiger partial charge in [-0.05, 0) is 144 Å². The van der Waals surface area contributed by atoms with Crippen LogP contribution >= 0.6 is 11.3 Å². The fourth-order valence-corrected chi connectivity index (χ4v) is 12.6. The molecule has 1 aromatic heterocycles. The lowest BCUT2D eigenvalue weighted by atomic mass is 9.33. The SMILES string of the molecule is CC1(C)CC[C@]2(C(=O)OCc3ccccc3)CC[C@]3(C)C(=CC[C@@H]4[C@@]5(C)C/C(=C/c6ccsc6)C(=O)[C@@](C)(CO)[C@@H]5CC[C@]43C)[C@@H]2C1. The number of hydrogen-bond acceptors (Lipinski definition) is 5. The van der Waals surface area contributed by atoms with Crippen molar-refractivity contribution in [1.29, 1.82) is 0 Å². The number of ketones is 1. The maximum absolute atomic E-state index is 14.3. The Morgan fingerprint density at radius 3 is 2.43 bits per heavy atom. The number of Topliss-reactive ketones (excluding diaryl/α,β-unsaturated/α-hetero) is 1. The zero-order chi connectivity index (χ0) is 33.5. The fourth-order valence-electron chi connectivity index (χ4n) is 12.0. The smallest absolute Gasteiger partial charge is 0.313 e. The van der Waals surface area contributed by atoms with E-state index < -0.39 is 10.8 Å². The summed E-state index contributed by atoms with van der Waals surface area (Å²) < 4.78 is 6.20. The molecular formula is C42H54O4S. The molecular weight excluding hydrogens is 601 g/mol. The third-order valence-electron chi connectivity index (χ3n) is 14.9. The summed E-state index contributed by atoms with van der Waals surface area (Å²) in [4.78, 5) is 28.4. The van der Waals surface area contributed by atoms with Crippen LogP contribution in [-0.4, -0.2) is 23.5 Å². The molecule has 5 aliphatic rings. The van der Waals surface area contributed by atoms with Crippen molar-refractivity contribution in [3.8, 4) is 0 Å². The van der Waals surface area contributed by atoms with Crippen molar-refractivity contribution < 1.29 is 19.4 Å². The average molecular weight is 655 g/mol. The minimum atomic E-state index is -0.779. The lowest BCUT2D eigenvalue weighted by Crippen LogP contribution is -2.65. The van der Waals surface area contributed by atoms with Crippen LogP contribution in [0.4, 0.5) is 0 Å². The number of rotatable bonds is 5. The zero-order valence-electron chi connectivity index (χ0n) is 29.4. The van der Waals surface area contributed by atoms with Crippen LogP contribution in [0, 0.1) is 50.2 Å². The number of aliphatic hydroxyl groups is 1. The van der Waals surface area contributed by atoms with E-state index in [-0.39, 0.29) is 51.9 Å². The molecule has 5 heteroatoms. The van der Waals surface area contributed by atoms with Crippen LogP contribution in [0.1, 0.15) is 110 Å². The van der Waals surface area contributed by atoms with Gasteiger partial charge in [0.05, 0.1) is 17.4 Å². The van der Waals surface area contributed by atoms with E-state index >= 15 is 0 Å². The summed E-state index contributed by atoms with van der Waals surface area (Å²) in [7, 11) is 0. The molecule has 252 valence electrons. The van der Waals surface area contributed by atoms with Crippen molar-refractivity contribution in [2.24, 2.45) is 50.2 Å². The molecule has 7 rings (SSSR count). The standard InChI is InChI=1S/C42H54O4S/c1-37(2)17-19-42(36(45)46-25-28-10-8-7-9-11-28)20-18-40(5)31(32(42)24-37)12-13-34-38(3)23-30(22-29-15-21-47-26-29)35(44)39(4,27-43)33(38)14-16-41(34,40)6/h7-12,15,21-22,26,32-34,43H,13-14,16-20,23-25,27H2,1-6H3/b30-22-/t32-,33+,34+,38-,39-,40+,41+,42-/m0/s1. The molecule has 0 unspecified atom stereocenters. The molecule has 1 aromatic carbocycles. The third-order valence-corrected chi connectivity index (χ3v) is 15.6. The molecule has 1 N–H and O–H groups in total. The molecule has 47 heavy (non-hydrogen) atoms. The fraction of sp³-hybridized carbons (Fsp3) is 0.619. The van der Waals surface area contributed by atoms with Gasteiger partial charge in [0.1, 0.15) is 6.61 Å². The van der Waals surface area contributed by atoms with Crippen LogP contribution in [0.3, 0.4) is 0 Å². The van der Waals surface area contributed by atoms with Crippen molar-refractivity contribution >= 4 is 29.2 Å². The Labute approximate surface area is 286 Å². The summed E-state index contributed by atoms with van der Waals surface area (Å²) in [5, 5.41) is 15.1. The Hall–Kier alpha value is -2.50. The lowest BCUT2D eigenvalue weighted by molar-refractivity contribution is -0.191. The Morgan fingerprint density at radius 1 is 0.979 bits per heavy atom. The van der Waals surface area contributed by atoms with Gasteiger partial charge in [-0.3, -0.25) is 9.59 Å². The second-order valence-electron chi connectivity index (χ2n) is 17.7. The molecule has 0 spiro atoms. The van der Waals surface area contributed by atoms with Gasteiger partial charge in [0.15, 0.2) is 5.78 Å². The lowest BCUT2D eigenvalue weighted by Gasteiger charge is -2.70. The first-order valence-corrected chi connectivity index (χ1v) is 19.0. The van der Waals surface area contributed by atoms with E-state index in [0.29, 0.717) is 12.5 Å². The van der Waals surface area contributed by atoms with E-state index in [1.54, 1.807) is 11.3 Å². The highest BCUT2D eigenvalue weighted by molar-refractivity contribution is 7.08. The van der Waals surface area contributed by atoms with Gasteiger partial charge in [0, 0.05) is 0 Å². The first kappa shape index (κ1) is 33.0. The summed E-state index contributed by atoms with van der Waals surface area (Å²) in [5.41, 5.74) is 3.29. The summed E-state index contributed by atoms with van der Waals surface area (Å²) in [6.07, 6.45) is 13.2. The minimum absolute atomic E-state index is 0.000430. The van der Waals surface area contributed by atoms with Gasteiger partial charge in [-0.15, -0.1) is 0 Å². The van der Waals surface area contributed by atoms with Crippen molar-refractivity contribution in [3.05, 3.63) is 75.5 Å². The Balaban J connectivity index is 1.27. The molecule has 4 nitrogen and oxygen atoms in total. The van der Waals surface area contributed by atoms with Crippen LogP contribution in [-0.2, 0) is 20.9 Å². The second kappa shape index (κ2) is 11.3. The van der Waals surface area contributed by atoms with Crippen LogP contribution in [0.2, 0.25) is 0 Å². The quantitative estimate of drug-likeness (QED) is 0.198. The van der Waals surface area contributed by atoms with Gasteiger partial charge in [-0.2, -0.15) is 11.3 Å². The second-order valence-corrected chi connectivity index (χ2v) is 18.5. The molecule has 0 radical (unpaired) electrons. The molecule has 8 atom stereocenters. The van der Waals surface area contributed by atoms with E-state index in [2.05, 4.69) is 63.6 Å². The van der Waals surface area contributed by atoms with Gasteiger partial charge >= 0.3 is 5.97 Å². The Morgan fingerprint density at radius 2 is 1.72 bits per heavy atom. The van der Waals surface area contributed by atoms with Crippen molar-refractivity contribution in [3.63, 3.8) is 0 Å². The number of allylic oxidation sites excluding steroid dienone is 3. The number of thiophene rings is 1. The van der Waals surface area contributed by atoms with Gasteiger partial charge in [-0.1, -0.05) is 76.6 Å². The number of ether oxygens (including phenoxy) is 1. The van der Waals surface area contributed by atoms with Crippen LogP contribution < -0.4 is 0 Å². The number of fused-ring (bicyclic) bond motifs is 7. The number of esters is 1. The molecule has 0 saturated heterocycles. The van der Waals surface area contributed by atoms with E-state index in [1.165, 1.54) is 5.57 Å². The van der Waals surface area contributed by atoms with Gasteiger partial charge in [0.25, 0.3) is 0 Å². The number of carbonyl (C=O) groups is 2. The van der Waals surface area contributed by atoms with E-state index in [4.69, 9.17) is 4.74 Å². The Kier molecular flexibility index (Phi) is 7.92. The van der Waals surface area contributed by atoms with E-state index in [9.17, 15) is 14.7 Å².